The highest BCUT2D eigenvalue weighted by molar-refractivity contribution is 6.30. The molecule has 26 heavy (non-hydrogen) atoms. The smallest absolute Gasteiger partial charge is 0.322 e. The Kier molecular flexibility index (Phi) is 5.89. The molecule has 6 heteroatoms. The molecule has 1 saturated heterocycles. The Labute approximate surface area is 159 Å². The Balaban J connectivity index is 1.60. The van der Waals surface area contributed by atoms with Crippen LogP contribution in [0.15, 0.2) is 42.5 Å². The number of carbonyl (C=O) groups excluding carboxylic acids is 1. The van der Waals surface area contributed by atoms with Gasteiger partial charge in [0.05, 0.1) is 12.3 Å². The first-order chi connectivity index (χ1) is 12.6. The zero-order valence-electron chi connectivity index (χ0n) is 15.2. The molecule has 0 unspecified atom stereocenters. The van der Waals surface area contributed by atoms with Crippen molar-refractivity contribution in [2.24, 2.45) is 0 Å². The van der Waals surface area contributed by atoms with E-state index in [1.165, 1.54) is 5.69 Å². The number of nitrogens with one attached hydrogen (secondary N) is 1. The summed E-state index contributed by atoms with van der Waals surface area (Å²) in [5, 5.41) is 3.71. The molecular formula is C20H24ClN3O2. The molecule has 1 heterocycles. The van der Waals surface area contributed by atoms with E-state index in [2.05, 4.69) is 17.1 Å². The summed E-state index contributed by atoms with van der Waals surface area (Å²) >= 11 is 6.04. The maximum Gasteiger partial charge on any atom is 0.322 e. The van der Waals surface area contributed by atoms with Crippen molar-refractivity contribution in [3.63, 3.8) is 0 Å². The van der Waals surface area contributed by atoms with Crippen molar-refractivity contribution in [1.82, 2.24) is 4.90 Å². The van der Waals surface area contributed by atoms with E-state index in [4.69, 9.17) is 16.3 Å². The Hall–Kier alpha value is -2.40. The molecule has 0 aromatic heterocycles. The fraction of sp³-hybridized carbons (Fsp3) is 0.350. The quantitative estimate of drug-likeness (QED) is 0.863. The number of anilines is 2. The average Bonchev–Trinajstić information content (AvgIpc) is 2.64. The Bertz CT molecular complexity index is 773. The summed E-state index contributed by atoms with van der Waals surface area (Å²) in [6.45, 7) is 7.48. The largest absolute Gasteiger partial charge is 0.492 e. The van der Waals surface area contributed by atoms with Crippen LogP contribution < -0.4 is 15.0 Å². The third kappa shape index (κ3) is 4.22. The molecule has 1 fully saturated rings. The molecule has 0 saturated carbocycles. The molecule has 138 valence electrons. The molecule has 3 rings (SSSR count). The first-order valence-corrected chi connectivity index (χ1v) is 9.25. The van der Waals surface area contributed by atoms with Crippen LogP contribution in [0, 0.1) is 6.92 Å². The van der Waals surface area contributed by atoms with Crippen LogP contribution in [-0.2, 0) is 0 Å². The lowest BCUT2D eigenvalue weighted by molar-refractivity contribution is 0.208. The monoisotopic (exact) mass is 373 g/mol. The predicted molar refractivity (Wildman–Crippen MR) is 107 cm³/mol. The summed E-state index contributed by atoms with van der Waals surface area (Å²) in [5.74, 6) is 0.693. The number of carbonyl (C=O) groups is 1. The van der Waals surface area contributed by atoms with Gasteiger partial charge in [0.25, 0.3) is 0 Å². The van der Waals surface area contributed by atoms with Gasteiger partial charge >= 0.3 is 6.03 Å². The van der Waals surface area contributed by atoms with E-state index in [1.807, 2.05) is 54.3 Å². The van der Waals surface area contributed by atoms with Crippen LogP contribution in [0.2, 0.25) is 5.02 Å². The summed E-state index contributed by atoms with van der Waals surface area (Å²) in [6, 6.07) is 13.3. The number of benzene rings is 2. The minimum Gasteiger partial charge on any atom is -0.492 e. The fourth-order valence-electron chi connectivity index (χ4n) is 3.17. The van der Waals surface area contributed by atoms with E-state index < -0.39 is 0 Å². The maximum absolute atomic E-state index is 12.6. The summed E-state index contributed by atoms with van der Waals surface area (Å²) < 4.78 is 5.57. The molecular weight excluding hydrogens is 350 g/mol. The molecule has 0 bridgehead atoms. The molecule has 0 atom stereocenters. The average molecular weight is 374 g/mol. The molecule has 0 spiro atoms. The van der Waals surface area contributed by atoms with Crippen LogP contribution in [0.1, 0.15) is 12.5 Å². The van der Waals surface area contributed by atoms with Crippen LogP contribution >= 0.6 is 11.6 Å². The van der Waals surface area contributed by atoms with Crippen molar-refractivity contribution in [1.29, 1.82) is 0 Å². The number of urea groups is 1. The lowest BCUT2D eigenvalue weighted by Crippen LogP contribution is -2.50. The zero-order chi connectivity index (χ0) is 18.5. The number of hydrogen-bond acceptors (Lipinski definition) is 3. The van der Waals surface area contributed by atoms with Crippen LogP contribution in [0.4, 0.5) is 16.2 Å². The third-order valence-electron chi connectivity index (χ3n) is 4.49. The number of nitrogens with zero attached hydrogens (tertiary/aromatic N) is 2. The lowest BCUT2D eigenvalue weighted by atomic mass is 10.1. The van der Waals surface area contributed by atoms with Crippen LogP contribution in [0.5, 0.6) is 5.75 Å². The van der Waals surface area contributed by atoms with E-state index >= 15 is 0 Å². The molecule has 1 N–H and O–H groups in total. The van der Waals surface area contributed by atoms with Crippen molar-refractivity contribution in [2.75, 3.05) is 43.0 Å². The zero-order valence-corrected chi connectivity index (χ0v) is 15.9. The van der Waals surface area contributed by atoms with Crippen LogP contribution in [-0.4, -0.2) is 43.7 Å². The standard InChI is InChI=1S/C20H24ClN3O2/c1-3-26-19-7-5-4-6-17(19)22-20(25)24-12-10-23(11-13-24)18-9-8-16(21)14-15(18)2/h4-9,14H,3,10-13H2,1-2H3,(H,22,25). The predicted octanol–water partition coefficient (Wildman–Crippen LogP) is 4.40. The van der Waals surface area contributed by atoms with Crippen molar-refractivity contribution in [2.45, 2.75) is 13.8 Å². The van der Waals surface area contributed by atoms with Gasteiger partial charge in [0, 0.05) is 36.9 Å². The Morgan fingerprint density at radius 3 is 2.58 bits per heavy atom. The van der Waals surface area contributed by atoms with Crippen LogP contribution in [0.3, 0.4) is 0 Å². The van der Waals surface area contributed by atoms with E-state index in [9.17, 15) is 4.79 Å². The molecule has 5 nitrogen and oxygen atoms in total. The van der Waals surface area contributed by atoms with Gasteiger partial charge in [-0.3, -0.25) is 0 Å². The van der Waals surface area contributed by atoms with Crippen molar-refractivity contribution < 1.29 is 9.53 Å². The van der Waals surface area contributed by atoms with Gasteiger partial charge < -0.3 is 19.9 Å². The molecule has 2 aromatic rings. The number of aryl methyl sites for hydroxylation is 1. The number of ether oxygens (including phenoxy) is 1. The minimum absolute atomic E-state index is 0.0929. The fourth-order valence-corrected chi connectivity index (χ4v) is 3.40. The first-order valence-electron chi connectivity index (χ1n) is 8.87. The second-order valence-electron chi connectivity index (χ2n) is 6.26. The number of piperazine rings is 1. The molecule has 2 aromatic carbocycles. The van der Waals surface area contributed by atoms with Gasteiger partial charge in [-0.15, -0.1) is 0 Å². The van der Waals surface area contributed by atoms with Gasteiger partial charge in [0.15, 0.2) is 0 Å². The summed E-state index contributed by atoms with van der Waals surface area (Å²) in [7, 11) is 0. The molecule has 1 aliphatic rings. The highest BCUT2D eigenvalue weighted by Crippen LogP contribution is 2.26. The molecule has 0 aliphatic carbocycles. The SMILES string of the molecule is CCOc1ccccc1NC(=O)N1CCN(c2ccc(Cl)cc2C)CC1. The van der Waals surface area contributed by atoms with Gasteiger partial charge in [0.1, 0.15) is 5.75 Å². The minimum atomic E-state index is -0.0929. The summed E-state index contributed by atoms with van der Waals surface area (Å²) in [5.41, 5.74) is 3.03. The number of amides is 2. The first kappa shape index (κ1) is 18.4. The van der Waals surface area contributed by atoms with Gasteiger partial charge in [-0.25, -0.2) is 4.79 Å². The second-order valence-corrected chi connectivity index (χ2v) is 6.70. The number of hydrogen-bond donors (Lipinski definition) is 1. The maximum atomic E-state index is 12.6. The highest BCUT2D eigenvalue weighted by Gasteiger charge is 2.22. The van der Waals surface area contributed by atoms with E-state index in [-0.39, 0.29) is 6.03 Å². The third-order valence-corrected chi connectivity index (χ3v) is 4.73. The van der Waals surface area contributed by atoms with Crippen molar-refractivity contribution in [3.8, 4) is 5.75 Å². The summed E-state index contributed by atoms with van der Waals surface area (Å²) in [4.78, 5) is 16.7. The van der Waals surface area contributed by atoms with Crippen molar-refractivity contribution in [3.05, 3.63) is 53.1 Å². The molecule has 0 radical (unpaired) electrons. The highest BCUT2D eigenvalue weighted by atomic mass is 35.5. The molecule has 2 amide bonds. The normalized spacial score (nSPS) is 14.3. The van der Waals surface area contributed by atoms with Crippen LogP contribution in [0.25, 0.3) is 0 Å². The topological polar surface area (TPSA) is 44.8 Å². The number of para-hydroxylation sites is 2. The number of rotatable bonds is 4. The van der Waals surface area contributed by atoms with E-state index in [0.717, 1.165) is 23.7 Å². The molecule has 1 aliphatic heterocycles. The lowest BCUT2D eigenvalue weighted by Gasteiger charge is -2.36. The van der Waals surface area contributed by atoms with Gasteiger partial charge in [-0.2, -0.15) is 0 Å². The van der Waals surface area contributed by atoms with Gasteiger partial charge in [-0.1, -0.05) is 23.7 Å². The van der Waals surface area contributed by atoms with E-state index in [1.54, 1.807) is 0 Å². The van der Waals surface area contributed by atoms with Gasteiger partial charge in [0.2, 0.25) is 0 Å². The van der Waals surface area contributed by atoms with Crippen molar-refractivity contribution >= 4 is 29.0 Å². The van der Waals surface area contributed by atoms with Gasteiger partial charge in [-0.05, 0) is 49.7 Å². The Morgan fingerprint density at radius 1 is 1.15 bits per heavy atom. The second kappa shape index (κ2) is 8.32. The number of halogens is 1. The van der Waals surface area contributed by atoms with E-state index in [0.29, 0.717) is 31.1 Å². The Morgan fingerprint density at radius 2 is 1.88 bits per heavy atom. The summed E-state index contributed by atoms with van der Waals surface area (Å²) in [6.07, 6.45) is 0.